The summed E-state index contributed by atoms with van der Waals surface area (Å²) in [6.45, 7) is 24.1. The molecule has 274 valence electrons. The molecular weight excluding hydrogens is 604 g/mol. The minimum absolute atomic E-state index is 0.00584. The van der Waals surface area contributed by atoms with Gasteiger partial charge >= 0.3 is 11.9 Å². The molecule has 3 N–H and O–H groups in total. The molecule has 0 spiro atoms. The third-order valence-corrected chi connectivity index (χ3v) is 10.1. The van der Waals surface area contributed by atoms with Gasteiger partial charge in [-0.05, 0) is 65.7 Å². The lowest BCUT2D eigenvalue weighted by Gasteiger charge is -2.43. The molecule has 2 aliphatic rings. The molecule has 2 saturated heterocycles. The molecule has 11 heteroatoms. The van der Waals surface area contributed by atoms with Gasteiger partial charge in [0.25, 0.3) is 0 Å². The number of hydrogen-bond donors (Lipinski definition) is 3. The minimum atomic E-state index is -1.72. The van der Waals surface area contributed by atoms with Crippen LogP contribution >= 0.6 is 0 Å². The number of methoxy groups -OCH3 is 1. The molecule has 0 bridgehead atoms. The number of hydrogen-bond acceptors (Lipinski definition) is 11. The Morgan fingerprint density at radius 3 is 2.38 bits per heavy atom. The minimum Gasteiger partial charge on any atom is -0.466 e. The molecule has 47 heavy (non-hydrogen) atoms. The molecule has 0 saturated carbocycles. The zero-order valence-corrected chi connectivity index (χ0v) is 30.8. The van der Waals surface area contributed by atoms with Crippen LogP contribution in [0.5, 0.6) is 0 Å². The second-order valence-electron chi connectivity index (χ2n) is 14.3. The van der Waals surface area contributed by atoms with E-state index in [0.717, 1.165) is 18.4 Å². The van der Waals surface area contributed by atoms with E-state index in [1.54, 1.807) is 27.9 Å². The van der Waals surface area contributed by atoms with E-state index in [-0.39, 0.29) is 42.4 Å². The molecule has 0 aromatic carbocycles. The zero-order chi connectivity index (χ0) is 35.5. The first-order valence-corrected chi connectivity index (χ1v) is 17.8. The maximum Gasteiger partial charge on any atom is 0.311 e. The number of rotatable bonds is 11. The predicted octanol–water partition coefficient (Wildman–Crippen LogP) is 4.08. The van der Waals surface area contributed by atoms with E-state index >= 15 is 0 Å². The molecule has 5 unspecified atom stereocenters. The number of ether oxygens (including phenoxy) is 5. The monoisotopic (exact) mass is 670 g/mol. The first-order valence-electron chi connectivity index (χ1n) is 17.8. The standard InChI is InChI=1S/C36H66N2O9/c1-12-29-36(10,42)34(40)28(9)38(17-16-37-15-14-30(39)44-13-2)21-23(4)18-24(5)32(47-31-20-22(3)19-25(6)45-31)26(7)33(43-11)27(8)35(41)46-29/h23-29,31-34,37,40,42H,3,12-21H2,1-2,4-11H3/t23-,24+,25?,26-,27?,28?,29-,31?,32+,33+,34?,36-/m1/s1. The number of carbonyl (C=O) groups excluding carboxylic acids is 2. The average molecular weight is 671 g/mol. The van der Waals surface area contributed by atoms with Gasteiger partial charge in [0, 0.05) is 51.7 Å². The summed E-state index contributed by atoms with van der Waals surface area (Å²) in [5.41, 5.74) is -0.621. The molecule has 12 atom stereocenters. The van der Waals surface area contributed by atoms with Crippen LogP contribution in [-0.4, -0.2) is 115 Å². The van der Waals surface area contributed by atoms with Crippen molar-refractivity contribution in [3.8, 4) is 0 Å². The first-order chi connectivity index (χ1) is 22.1. The second kappa shape index (κ2) is 19.6. The maximum absolute atomic E-state index is 13.7. The zero-order valence-electron chi connectivity index (χ0n) is 30.8. The van der Waals surface area contributed by atoms with Crippen molar-refractivity contribution in [1.82, 2.24) is 10.2 Å². The molecule has 2 heterocycles. The van der Waals surface area contributed by atoms with E-state index in [4.69, 9.17) is 23.7 Å². The molecule has 11 nitrogen and oxygen atoms in total. The molecule has 0 aliphatic carbocycles. The Balaban J connectivity index is 2.42. The van der Waals surface area contributed by atoms with Crippen molar-refractivity contribution in [2.75, 3.05) is 39.9 Å². The van der Waals surface area contributed by atoms with Crippen molar-refractivity contribution < 1.29 is 43.5 Å². The van der Waals surface area contributed by atoms with E-state index in [9.17, 15) is 19.8 Å². The van der Waals surface area contributed by atoms with Crippen LogP contribution in [0.15, 0.2) is 12.2 Å². The molecular formula is C36H66N2O9. The van der Waals surface area contributed by atoms with Gasteiger partial charge in [0.2, 0.25) is 0 Å². The van der Waals surface area contributed by atoms with Crippen molar-refractivity contribution >= 4 is 11.9 Å². The number of nitrogens with one attached hydrogen (secondary N) is 1. The summed E-state index contributed by atoms with van der Waals surface area (Å²) < 4.78 is 29.9. The van der Waals surface area contributed by atoms with Gasteiger partial charge < -0.3 is 39.2 Å². The van der Waals surface area contributed by atoms with E-state index in [1.165, 1.54) is 0 Å². The van der Waals surface area contributed by atoms with Crippen molar-refractivity contribution in [2.45, 2.75) is 143 Å². The van der Waals surface area contributed by atoms with Gasteiger partial charge in [-0.1, -0.05) is 39.8 Å². The van der Waals surface area contributed by atoms with Crippen molar-refractivity contribution in [1.29, 1.82) is 0 Å². The van der Waals surface area contributed by atoms with Gasteiger partial charge in [0.1, 0.15) is 17.8 Å². The largest absolute Gasteiger partial charge is 0.466 e. The van der Waals surface area contributed by atoms with Crippen LogP contribution in [0.2, 0.25) is 0 Å². The van der Waals surface area contributed by atoms with Gasteiger partial charge in [-0.2, -0.15) is 0 Å². The summed E-state index contributed by atoms with van der Waals surface area (Å²) in [6.07, 6.45) is -0.594. The Bertz CT molecular complexity index is 978. The Morgan fingerprint density at radius 1 is 1.11 bits per heavy atom. The smallest absolute Gasteiger partial charge is 0.311 e. The Morgan fingerprint density at radius 2 is 1.79 bits per heavy atom. The van der Waals surface area contributed by atoms with E-state index in [0.29, 0.717) is 45.6 Å². The van der Waals surface area contributed by atoms with Crippen molar-refractivity contribution in [2.24, 2.45) is 23.7 Å². The van der Waals surface area contributed by atoms with Crippen LogP contribution < -0.4 is 5.32 Å². The van der Waals surface area contributed by atoms with E-state index in [2.05, 4.69) is 37.6 Å². The van der Waals surface area contributed by atoms with Crippen LogP contribution in [0, 0.1) is 23.7 Å². The number of cyclic esters (lactones) is 1. The third kappa shape index (κ3) is 12.0. The summed E-state index contributed by atoms with van der Waals surface area (Å²) in [7, 11) is 1.60. The summed E-state index contributed by atoms with van der Waals surface area (Å²) in [4.78, 5) is 27.6. The molecule has 2 fully saturated rings. The first kappa shape index (κ1) is 41.6. The number of aliphatic hydroxyl groups is 2. The van der Waals surface area contributed by atoms with Gasteiger partial charge in [0.05, 0.1) is 37.3 Å². The highest BCUT2D eigenvalue weighted by molar-refractivity contribution is 5.73. The highest BCUT2D eigenvalue weighted by Gasteiger charge is 2.47. The third-order valence-electron chi connectivity index (χ3n) is 10.1. The van der Waals surface area contributed by atoms with Gasteiger partial charge in [0.15, 0.2) is 6.29 Å². The van der Waals surface area contributed by atoms with Crippen molar-refractivity contribution in [3.63, 3.8) is 0 Å². The normalized spacial score (nSPS) is 38.7. The number of carbonyl (C=O) groups is 2. The van der Waals surface area contributed by atoms with E-state index in [1.807, 2.05) is 20.8 Å². The molecule has 0 aromatic heterocycles. The predicted molar refractivity (Wildman–Crippen MR) is 182 cm³/mol. The highest BCUT2D eigenvalue weighted by atomic mass is 16.7. The summed E-state index contributed by atoms with van der Waals surface area (Å²) >= 11 is 0. The van der Waals surface area contributed by atoms with Crippen molar-refractivity contribution in [3.05, 3.63) is 12.2 Å². The Kier molecular flexibility index (Phi) is 17.3. The fourth-order valence-electron chi connectivity index (χ4n) is 7.53. The highest BCUT2D eigenvalue weighted by Crippen LogP contribution is 2.35. The van der Waals surface area contributed by atoms with Crippen LogP contribution in [0.25, 0.3) is 0 Å². The van der Waals surface area contributed by atoms with Crippen LogP contribution in [-0.2, 0) is 33.3 Å². The Hall–Kier alpha value is -1.60. The lowest BCUT2D eigenvalue weighted by Crippen LogP contribution is -2.60. The van der Waals surface area contributed by atoms with Crippen LogP contribution in [0.3, 0.4) is 0 Å². The summed E-state index contributed by atoms with van der Waals surface area (Å²) in [5, 5.41) is 26.7. The van der Waals surface area contributed by atoms with Crippen LogP contribution in [0.1, 0.15) is 94.4 Å². The second-order valence-corrected chi connectivity index (χ2v) is 14.3. The topological polar surface area (TPSA) is 136 Å². The summed E-state index contributed by atoms with van der Waals surface area (Å²) in [6, 6.07) is -0.467. The molecule has 0 aromatic rings. The molecule has 2 aliphatic heterocycles. The molecule has 0 amide bonds. The average Bonchev–Trinajstić information content (AvgIpc) is 3.00. The van der Waals surface area contributed by atoms with Gasteiger partial charge in [-0.15, -0.1) is 0 Å². The molecule has 0 radical (unpaired) electrons. The quantitative estimate of drug-likeness (QED) is 0.167. The fourth-order valence-corrected chi connectivity index (χ4v) is 7.53. The van der Waals surface area contributed by atoms with Gasteiger partial charge in [-0.25, -0.2) is 0 Å². The fraction of sp³-hybridized carbons (Fsp3) is 0.889. The maximum atomic E-state index is 13.7. The number of esters is 2. The van der Waals surface area contributed by atoms with Gasteiger partial charge in [-0.3, -0.25) is 14.5 Å². The summed E-state index contributed by atoms with van der Waals surface area (Å²) in [5.74, 6) is -1.35. The van der Waals surface area contributed by atoms with E-state index < -0.39 is 48.1 Å². The Labute approximate surface area is 284 Å². The number of nitrogens with zero attached hydrogens (tertiary/aromatic N) is 1. The number of aliphatic hydroxyl groups excluding tert-OH is 1. The lowest BCUT2D eigenvalue weighted by molar-refractivity contribution is -0.229. The SMILES string of the molecule is C=C1CC(C)OC(O[C@@H]2[C@@H](C)[C@H](OC)C(C)C(=O)O[C@H](CC)[C@@](C)(O)C(O)C(C)N(CCNCCC(=O)OCC)C[C@H](C)C[C@@H]2C)C1. The lowest BCUT2D eigenvalue weighted by atomic mass is 9.80. The molecule has 2 rings (SSSR count). The van der Waals surface area contributed by atoms with Crippen LogP contribution in [0.4, 0.5) is 0 Å².